The van der Waals surface area contributed by atoms with Crippen LogP contribution < -0.4 is 0 Å². The van der Waals surface area contributed by atoms with Crippen molar-refractivity contribution in [3.05, 3.63) is 59.7 Å². The van der Waals surface area contributed by atoms with E-state index < -0.39 is 0 Å². The van der Waals surface area contributed by atoms with Crippen LogP contribution in [0.1, 0.15) is 30.7 Å². The maximum absolute atomic E-state index is 3.72. The van der Waals surface area contributed by atoms with Crippen LogP contribution in [0.2, 0.25) is 0 Å². The summed E-state index contributed by atoms with van der Waals surface area (Å²) >= 11 is 3.72. The fraction of sp³-hybridized carbons (Fsp3) is 0.286. The predicted octanol–water partition coefficient (Wildman–Crippen LogP) is 5.04. The molecule has 0 spiro atoms. The lowest BCUT2D eigenvalue weighted by atomic mass is 10.0. The number of hydrogen-bond donors (Lipinski definition) is 0. The van der Waals surface area contributed by atoms with E-state index in [2.05, 4.69) is 72.3 Å². The van der Waals surface area contributed by atoms with E-state index >= 15 is 0 Å². The van der Waals surface area contributed by atoms with Crippen LogP contribution in [0.25, 0.3) is 0 Å². The van der Waals surface area contributed by atoms with Crippen molar-refractivity contribution >= 4 is 15.9 Å². The molecule has 0 fully saturated rings. The van der Waals surface area contributed by atoms with Crippen molar-refractivity contribution < 1.29 is 0 Å². The van der Waals surface area contributed by atoms with Crippen LogP contribution in [-0.2, 0) is 0 Å². The Morgan fingerprint density at radius 3 is 2.47 bits per heavy atom. The quantitative estimate of drug-likeness (QED) is 0.528. The molecule has 0 aromatic heterocycles. The van der Waals surface area contributed by atoms with Gasteiger partial charge in [0.2, 0.25) is 0 Å². The Hall–Kier alpha value is -0.820. The minimum Gasteiger partial charge on any atom is -0.0874 e. The van der Waals surface area contributed by atoms with E-state index in [0.717, 1.165) is 6.42 Å². The summed E-state index contributed by atoms with van der Waals surface area (Å²) in [6.45, 7) is 4.13. The average Bonchev–Trinajstić information content (AvgIpc) is 2.29. The standard InChI is InChI=1S/C14H17Br/c1-3-8-12(4-2)11-14(15)13-9-6-5-7-10-13/h3-10,14H,11H2,1-2H3/b8-3-,12-4+. The minimum absolute atomic E-state index is 0.404. The first-order valence-electron chi connectivity index (χ1n) is 5.24. The van der Waals surface area contributed by atoms with Gasteiger partial charge in [0.1, 0.15) is 0 Å². The van der Waals surface area contributed by atoms with Crippen LogP contribution in [0.15, 0.2) is 54.1 Å². The third kappa shape index (κ3) is 4.05. The zero-order valence-corrected chi connectivity index (χ0v) is 10.9. The summed E-state index contributed by atoms with van der Waals surface area (Å²) in [6, 6.07) is 10.5. The molecule has 0 aliphatic rings. The monoisotopic (exact) mass is 264 g/mol. The van der Waals surface area contributed by atoms with Crippen LogP contribution in [0.5, 0.6) is 0 Å². The number of halogens is 1. The molecule has 0 bridgehead atoms. The summed E-state index contributed by atoms with van der Waals surface area (Å²) in [6.07, 6.45) is 7.44. The molecule has 0 N–H and O–H groups in total. The molecule has 15 heavy (non-hydrogen) atoms. The molecular weight excluding hydrogens is 248 g/mol. The first-order chi connectivity index (χ1) is 7.27. The highest BCUT2D eigenvalue weighted by Gasteiger charge is 2.07. The minimum atomic E-state index is 0.404. The first-order valence-corrected chi connectivity index (χ1v) is 6.16. The Morgan fingerprint density at radius 2 is 1.93 bits per heavy atom. The second-order valence-electron chi connectivity index (χ2n) is 3.45. The van der Waals surface area contributed by atoms with Crippen LogP contribution in [0, 0.1) is 0 Å². The average molecular weight is 265 g/mol. The second kappa shape index (κ2) is 6.62. The number of allylic oxidation sites excluding steroid dienone is 4. The molecule has 0 saturated carbocycles. The molecule has 0 amide bonds. The molecule has 1 heteroatoms. The molecule has 1 aromatic carbocycles. The van der Waals surface area contributed by atoms with E-state index in [1.54, 1.807) is 0 Å². The third-order valence-corrected chi connectivity index (χ3v) is 3.18. The lowest BCUT2D eigenvalue weighted by Crippen LogP contribution is -1.91. The van der Waals surface area contributed by atoms with Crippen molar-refractivity contribution in [1.29, 1.82) is 0 Å². The van der Waals surface area contributed by atoms with E-state index in [9.17, 15) is 0 Å². The molecule has 0 aliphatic heterocycles. The summed E-state index contributed by atoms with van der Waals surface area (Å²) in [5.41, 5.74) is 2.70. The van der Waals surface area contributed by atoms with Gasteiger partial charge in [-0.25, -0.2) is 0 Å². The predicted molar refractivity (Wildman–Crippen MR) is 71.3 cm³/mol. The van der Waals surface area contributed by atoms with E-state index in [1.165, 1.54) is 11.1 Å². The lowest BCUT2D eigenvalue weighted by molar-refractivity contribution is 0.951. The van der Waals surface area contributed by atoms with Crippen LogP contribution in [0.3, 0.4) is 0 Å². The summed E-state index contributed by atoms with van der Waals surface area (Å²) in [7, 11) is 0. The van der Waals surface area contributed by atoms with Crippen LogP contribution >= 0.6 is 15.9 Å². The molecular formula is C14H17Br. The van der Waals surface area contributed by atoms with Gasteiger partial charge in [0.05, 0.1) is 0 Å². The van der Waals surface area contributed by atoms with Gasteiger partial charge in [-0.3, -0.25) is 0 Å². The van der Waals surface area contributed by atoms with E-state index in [-0.39, 0.29) is 0 Å². The van der Waals surface area contributed by atoms with Gasteiger partial charge in [-0.1, -0.05) is 70.1 Å². The molecule has 1 unspecified atom stereocenters. The molecule has 0 radical (unpaired) electrons. The molecule has 0 aliphatic carbocycles. The smallest absolute Gasteiger partial charge is 0.0435 e. The van der Waals surface area contributed by atoms with E-state index in [4.69, 9.17) is 0 Å². The van der Waals surface area contributed by atoms with Gasteiger partial charge >= 0.3 is 0 Å². The Balaban J connectivity index is 2.67. The summed E-state index contributed by atoms with van der Waals surface area (Å²) < 4.78 is 0. The Bertz CT molecular complexity index is 336. The maximum Gasteiger partial charge on any atom is 0.0435 e. The van der Waals surface area contributed by atoms with Crippen LogP contribution in [0.4, 0.5) is 0 Å². The van der Waals surface area contributed by atoms with Crippen molar-refractivity contribution in [3.8, 4) is 0 Å². The van der Waals surface area contributed by atoms with Crippen molar-refractivity contribution in [2.45, 2.75) is 25.1 Å². The van der Waals surface area contributed by atoms with Gasteiger partial charge in [0, 0.05) is 4.83 Å². The number of rotatable bonds is 4. The SMILES string of the molecule is C/C=C\C(=C/C)CC(Br)c1ccccc1. The lowest BCUT2D eigenvalue weighted by Gasteiger charge is -2.10. The Kier molecular flexibility index (Phi) is 5.41. The summed E-state index contributed by atoms with van der Waals surface area (Å²) in [5.74, 6) is 0. The highest BCUT2D eigenvalue weighted by Crippen LogP contribution is 2.29. The zero-order valence-electron chi connectivity index (χ0n) is 9.28. The molecule has 0 heterocycles. The van der Waals surface area contributed by atoms with Crippen molar-refractivity contribution in [2.75, 3.05) is 0 Å². The van der Waals surface area contributed by atoms with E-state index in [0.29, 0.717) is 4.83 Å². The van der Waals surface area contributed by atoms with Gasteiger partial charge in [-0.15, -0.1) is 0 Å². The number of benzene rings is 1. The second-order valence-corrected chi connectivity index (χ2v) is 4.55. The third-order valence-electron chi connectivity index (χ3n) is 2.33. The normalized spacial score (nSPS) is 14.5. The van der Waals surface area contributed by atoms with Crippen molar-refractivity contribution in [3.63, 3.8) is 0 Å². The van der Waals surface area contributed by atoms with Crippen LogP contribution in [-0.4, -0.2) is 0 Å². The van der Waals surface area contributed by atoms with Gasteiger partial charge in [0.15, 0.2) is 0 Å². The van der Waals surface area contributed by atoms with Gasteiger partial charge in [0.25, 0.3) is 0 Å². The molecule has 1 rings (SSSR count). The Morgan fingerprint density at radius 1 is 1.27 bits per heavy atom. The molecule has 1 atom stereocenters. The molecule has 80 valence electrons. The largest absolute Gasteiger partial charge is 0.0874 e. The maximum atomic E-state index is 3.72. The highest BCUT2D eigenvalue weighted by molar-refractivity contribution is 9.09. The topological polar surface area (TPSA) is 0 Å². The van der Waals surface area contributed by atoms with E-state index in [1.807, 2.05) is 6.07 Å². The van der Waals surface area contributed by atoms with Crippen molar-refractivity contribution in [1.82, 2.24) is 0 Å². The van der Waals surface area contributed by atoms with Gasteiger partial charge < -0.3 is 0 Å². The summed E-state index contributed by atoms with van der Waals surface area (Å²) in [5, 5.41) is 0. The number of hydrogen-bond acceptors (Lipinski definition) is 0. The van der Waals surface area contributed by atoms with Crippen molar-refractivity contribution in [2.24, 2.45) is 0 Å². The fourth-order valence-corrected chi connectivity index (χ4v) is 2.16. The van der Waals surface area contributed by atoms with Gasteiger partial charge in [-0.2, -0.15) is 0 Å². The molecule has 0 nitrogen and oxygen atoms in total. The Labute approximate surface area is 101 Å². The molecule has 1 aromatic rings. The fourth-order valence-electron chi connectivity index (χ4n) is 1.48. The molecule has 0 saturated heterocycles. The zero-order chi connectivity index (χ0) is 11.1. The highest BCUT2D eigenvalue weighted by atomic mass is 79.9. The number of alkyl halides is 1. The summed E-state index contributed by atoms with van der Waals surface area (Å²) in [4.78, 5) is 0.404. The first kappa shape index (κ1) is 12.3. The van der Waals surface area contributed by atoms with Gasteiger partial charge in [-0.05, 0) is 25.8 Å².